The van der Waals surface area contributed by atoms with E-state index in [9.17, 15) is 10.2 Å². The Morgan fingerprint density at radius 3 is 2.21 bits per heavy atom. The maximum Gasteiger partial charge on any atom is 0.158 e. The summed E-state index contributed by atoms with van der Waals surface area (Å²) in [6.45, 7) is 1.83. The normalized spacial score (nSPS) is 37.2. The highest BCUT2D eigenvalue weighted by molar-refractivity contribution is 5.12. The van der Waals surface area contributed by atoms with E-state index in [0.29, 0.717) is 5.92 Å². The summed E-state index contributed by atoms with van der Waals surface area (Å²) in [7, 11) is 0. The van der Waals surface area contributed by atoms with Gasteiger partial charge in [0.1, 0.15) is 0 Å². The van der Waals surface area contributed by atoms with E-state index >= 15 is 0 Å². The van der Waals surface area contributed by atoms with Crippen molar-refractivity contribution in [1.82, 2.24) is 0 Å². The molecule has 0 amide bonds. The third kappa shape index (κ3) is 6.80. The molecule has 4 aliphatic rings. The lowest BCUT2D eigenvalue weighted by Crippen LogP contribution is -2.37. The molecule has 6 heteroatoms. The average Bonchev–Trinajstić information content (AvgIpc) is 3.51. The molecule has 6 atom stereocenters. The van der Waals surface area contributed by atoms with Gasteiger partial charge >= 0.3 is 0 Å². The fourth-order valence-electron chi connectivity index (χ4n) is 6.46. The van der Waals surface area contributed by atoms with Crippen molar-refractivity contribution in [1.29, 1.82) is 0 Å². The third-order valence-corrected chi connectivity index (χ3v) is 8.44. The van der Waals surface area contributed by atoms with E-state index in [1.165, 1.54) is 25.7 Å². The Labute approximate surface area is 200 Å². The maximum atomic E-state index is 10.6. The summed E-state index contributed by atoms with van der Waals surface area (Å²) in [5.41, 5.74) is -0.331. The van der Waals surface area contributed by atoms with Crippen LogP contribution in [0.3, 0.4) is 0 Å². The van der Waals surface area contributed by atoms with E-state index in [0.717, 1.165) is 77.4 Å². The molecule has 0 radical (unpaired) electrons. The van der Waals surface area contributed by atoms with Gasteiger partial charge in [-0.3, -0.25) is 0 Å². The van der Waals surface area contributed by atoms with Crippen molar-refractivity contribution in [3.63, 3.8) is 0 Å². The van der Waals surface area contributed by atoms with Crippen LogP contribution >= 0.6 is 0 Å². The van der Waals surface area contributed by atoms with Crippen LogP contribution < -0.4 is 0 Å². The van der Waals surface area contributed by atoms with Gasteiger partial charge < -0.3 is 29.2 Å². The van der Waals surface area contributed by atoms with Gasteiger partial charge in [-0.2, -0.15) is 0 Å². The van der Waals surface area contributed by atoms with Crippen LogP contribution in [-0.4, -0.2) is 61.4 Å². The number of hydrogen-bond donors (Lipinski definition) is 2. The van der Waals surface area contributed by atoms with Crippen molar-refractivity contribution < 1.29 is 29.2 Å². The molecule has 0 aromatic rings. The van der Waals surface area contributed by atoms with Gasteiger partial charge in [0, 0.05) is 25.2 Å². The predicted octanol–water partition coefficient (Wildman–Crippen LogP) is 4.72. The predicted molar refractivity (Wildman–Crippen MR) is 127 cm³/mol. The zero-order chi connectivity index (χ0) is 22.9. The summed E-state index contributed by atoms with van der Waals surface area (Å²) < 4.78 is 24.7. The summed E-state index contributed by atoms with van der Waals surface area (Å²) in [6, 6.07) is 0. The fourth-order valence-corrected chi connectivity index (χ4v) is 6.46. The Kier molecular flexibility index (Phi) is 10.1. The molecule has 2 aliphatic heterocycles. The minimum Gasteiger partial charge on any atom is -0.396 e. The van der Waals surface area contributed by atoms with E-state index in [2.05, 4.69) is 12.2 Å². The largest absolute Gasteiger partial charge is 0.396 e. The molecule has 33 heavy (non-hydrogen) atoms. The molecule has 2 heterocycles. The van der Waals surface area contributed by atoms with E-state index < -0.39 is 0 Å². The van der Waals surface area contributed by atoms with Crippen LogP contribution in [0, 0.1) is 17.3 Å². The molecule has 2 saturated carbocycles. The smallest absolute Gasteiger partial charge is 0.158 e. The highest BCUT2D eigenvalue weighted by atomic mass is 16.7. The van der Waals surface area contributed by atoms with Gasteiger partial charge in [-0.15, -0.1) is 0 Å². The minimum absolute atomic E-state index is 0.0409. The highest BCUT2D eigenvalue weighted by Gasteiger charge is 2.47. The van der Waals surface area contributed by atoms with E-state index in [4.69, 9.17) is 18.9 Å². The molecule has 0 unspecified atom stereocenters. The molecule has 2 saturated heterocycles. The van der Waals surface area contributed by atoms with Gasteiger partial charge in [-0.05, 0) is 88.9 Å². The van der Waals surface area contributed by atoms with Crippen LogP contribution in [0.1, 0.15) is 89.9 Å². The van der Waals surface area contributed by atoms with Gasteiger partial charge in [0.15, 0.2) is 12.6 Å². The summed E-state index contributed by atoms with van der Waals surface area (Å²) >= 11 is 0. The molecular weight excluding hydrogens is 420 g/mol. The van der Waals surface area contributed by atoms with Crippen LogP contribution in [-0.2, 0) is 18.9 Å². The number of ether oxygens (including phenoxy) is 4. The van der Waals surface area contributed by atoms with E-state index in [1.54, 1.807) is 0 Å². The standard InChI is InChI=1S/C27H46O6/c28-17-7-10-22-24(33-26-12-4-6-19-31-26)14-16-27(22,20-29)15-13-23(21-8-1-2-9-21)32-25-11-3-5-18-30-25/h13,15,21-26,28-29H,1-12,14,16-20H2/t22-,23-,24+,25-,26-,27+/m1/s1. The quantitative estimate of drug-likeness (QED) is 0.429. The lowest BCUT2D eigenvalue weighted by atomic mass is 9.75. The molecule has 4 fully saturated rings. The van der Waals surface area contributed by atoms with Crippen LogP contribution in [0.5, 0.6) is 0 Å². The molecular formula is C27H46O6. The lowest BCUT2D eigenvalue weighted by molar-refractivity contribution is -0.198. The summed E-state index contributed by atoms with van der Waals surface area (Å²) in [6.07, 6.45) is 19.2. The zero-order valence-corrected chi connectivity index (χ0v) is 20.4. The SMILES string of the molecule is OCCC[C@@H]1[C@@H](O[C@@H]2CCCCO2)CC[C@@]1(C=C[C@@H](O[C@@H]1CCCCO1)C1CCCC1)CO. The molecule has 0 aromatic carbocycles. The number of aliphatic hydroxyl groups excluding tert-OH is 2. The first-order valence-electron chi connectivity index (χ1n) is 13.7. The topological polar surface area (TPSA) is 77.4 Å². The molecule has 2 N–H and O–H groups in total. The molecule has 2 aliphatic carbocycles. The molecule has 6 nitrogen and oxygen atoms in total. The zero-order valence-electron chi connectivity index (χ0n) is 20.4. The molecule has 190 valence electrons. The van der Waals surface area contributed by atoms with Crippen molar-refractivity contribution >= 4 is 0 Å². The van der Waals surface area contributed by atoms with Gasteiger partial charge in [-0.1, -0.05) is 25.0 Å². The van der Waals surface area contributed by atoms with E-state index in [-0.39, 0.29) is 49.3 Å². The Hall–Kier alpha value is -0.500. The number of aliphatic hydroxyl groups is 2. The molecule has 0 spiro atoms. The van der Waals surface area contributed by atoms with Gasteiger partial charge in [0.05, 0.1) is 18.8 Å². The van der Waals surface area contributed by atoms with Crippen molar-refractivity contribution in [3.8, 4) is 0 Å². The molecule has 0 aromatic heterocycles. The Morgan fingerprint density at radius 1 is 0.879 bits per heavy atom. The van der Waals surface area contributed by atoms with Crippen molar-refractivity contribution in [2.75, 3.05) is 26.4 Å². The van der Waals surface area contributed by atoms with Crippen molar-refractivity contribution in [2.45, 2.75) is 115 Å². The molecule has 0 bridgehead atoms. The maximum absolute atomic E-state index is 10.6. The summed E-state index contributed by atoms with van der Waals surface area (Å²) in [5, 5.41) is 20.2. The first kappa shape index (κ1) is 25.6. The van der Waals surface area contributed by atoms with Crippen LogP contribution in [0.25, 0.3) is 0 Å². The van der Waals surface area contributed by atoms with Gasteiger partial charge in [0.2, 0.25) is 0 Å². The Balaban J connectivity index is 1.47. The first-order valence-corrected chi connectivity index (χ1v) is 13.7. The molecule has 4 rings (SSSR count). The second kappa shape index (κ2) is 13.0. The van der Waals surface area contributed by atoms with Gasteiger partial charge in [-0.25, -0.2) is 0 Å². The Bertz CT molecular complexity index is 579. The first-order chi connectivity index (χ1) is 16.2. The van der Waals surface area contributed by atoms with Crippen LogP contribution in [0.2, 0.25) is 0 Å². The number of hydrogen-bond acceptors (Lipinski definition) is 6. The monoisotopic (exact) mass is 466 g/mol. The lowest BCUT2D eigenvalue weighted by Gasteiger charge is -2.36. The van der Waals surface area contributed by atoms with Crippen molar-refractivity contribution in [3.05, 3.63) is 12.2 Å². The summed E-state index contributed by atoms with van der Waals surface area (Å²) in [5.74, 6) is 0.703. The van der Waals surface area contributed by atoms with Crippen LogP contribution in [0.4, 0.5) is 0 Å². The van der Waals surface area contributed by atoms with Gasteiger partial charge in [0.25, 0.3) is 0 Å². The average molecular weight is 467 g/mol. The highest BCUT2D eigenvalue weighted by Crippen LogP contribution is 2.49. The second-order valence-corrected chi connectivity index (χ2v) is 10.7. The fraction of sp³-hybridized carbons (Fsp3) is 0.926. The second-order valence-electron chi connectivity index (χ2n) is 10.7. The van der Waals surface area contributed by atoms with E-state index in [1.807, 2.05) is 0 Å². The summed E-state index contributed by atoms with van der Waals surface area (Å²) in [4.78, 5) is 0. The van der Waals surface area contributed by atoms with Crippen molar-refractivity contribution in [2.24, 2.45) is 17.3 Å². The number of rotatable bonds is 11. The van der Waals surface area contributed by atoms with Crippen LogP contribution in [0.15, 0.2) is 12.2 Å². The Morgan fingerprint density at radius 2 is 1.58 bits per heavy atom. The third-order valence-electron chi connectivity index (χ3n) is 8.44. The minimum atomic E-state index is -0.331.